The van der Waals surface area contributed by atoms with Crippen LogP contribution in [0.4, 0.5) is 0 Å². The molecule has 80 valence electrons. The summed E-state index contributed by atoms with van der Waals surface area (Å²) in [4.78, 5) is 11.4. The summed E-state index contributed by atoms with van der Waals surface area (Å²) in [7, 11) is -0.331. The molecule has 15 heavy (non-hydrogen) atoms. The lowest BCUT2D eigenvalue weighted by Gasteiger charge is -2.09. The van der Waals surface area contributed by atoms with E-state index in [0.717, 1.165) is 0 Å². The summed E-state index contributed by atoms with van der Waals surface area (Å²) in [5, 5.41) is 18.0. The number of benzene rings is 1. The van der Waals surface area contributed by atoms with E-state index in [1.807, 2.05) is 0 Å². The van der Waals surface area contributed by atoms with Crippen LogP contribution in [0.1, 0.15) is 15.9 Å². The Labute approximate surface area is 96.1 Å². The highest BCUT2D eigenvalue weighted by molar-refractivity contribution is 9.10. The maximum atomic E-state index is 11.4. The molecule has 0 saturated heterocycles. The van der Waals surface area contributed by atoms with Gasteiger partial charge in [-0.15, -0.1) is 0 Å². The largest absolute Gasteiger partial charge is 0.488 e. The van der Waals surface area contributed by atoms with Gasteiger partial charge in [-0.25, -0.2) is 4.79 Å². The standard InChI is InChI=1S/C9H10BBrO4/c1-5-7(9(12)15-2)3-6(10(13)14)4-8(5)11/h3-4,13-14H,1-2H3. The van der Waals surface area contributed by atoms with Crippen molar-refractivity contribution in [2.24, 2.45) is 0 Å². The second-order valence-corrected chi connectivity index (χ2v) is 3.89. The van der Waals surface area contributed by atoms with Crippen molar-refractivity contribution in [3.05, 3.63) is 27.7 Å². The van der Waals surface area contributed by atoms with Crippen LogP contribution in [0.5, 0.6) is 0 Å². The Kier molecular flexibility index (Phi) is 3.90. The van der Waals surface area contributed by atoms with E-state index < -0.39 is 13.1 Å². The van der Waals surface area contributed by atoms with Gasteiger partial charge in [0.15, 0.2) is 0 Å². The highest BCUT2D eigenvalue weighted by atomic mass is 79.9. The Morgan fingerprint density at radius 2 is 2.07 bits per heavy atom. The van der Waals surface area contributed by atoms with E-state index in [1.165, 1.54) is 13.2 Å². The normalized spacial score (nSPS) is 9.93. The molecule has 0 aromatic heterocycles. The molecular formula is C9H10BBrO4. The Hall–Kier alpha value is -0.845. The topological polar surface area (TPSA) is 66.8 Å². The molecule has 4 nitrogen and oxygen atoms in total. The molecule has 0 aliphatic rings. The van der Waals surface area contributed by atoms with E-state index in [0.29, 0.717) is 15.6 Å². The van der Waals surface area contributed by atoms with Crippen LogP contribution < -0.4 is 5.46 Å². The molecule has 0 bridgehead atoms. The maximum Gasteiger partial charge on any atom is 0.488 e. The van der Waals surface area contributed by atoms with Gasteiger partial charge < -0.3 is 14.8 Å². The number of esters is 1. The number of rotatable bonds is 2. The van der Waals surface area contributed by atoms with Gasteiger partial charge in [0, 0.05) is 4.47 Å². The number of methoxy groups -OCH3 is 1. The van der Waals surface area contributed by atoms with Gasteiger partial charge in [0.1, 0.15) is 0 Å². The fourth-order valence-electron chi connectivity index (χ4n) is 1.17. The average molecular weight is 273 g/mol. The first-order chi connectivity index (χ1) is 6.97. The van der Waals surface area contributed by atoms with Gasteiger partial charge in [0.05, 0.1) is 12.7 Å². The van der Waals surface area contributed by atoms with Crippen molar-refractivity contribution in [1.29, 1.82) is 0 Å². The summed E-state index contributed by atoms with van der Waals surface area (Å²) in [6.07, 6.45) is 0. The monoisotopic (exact) mass is 272 g/mol. The molecule has 0 atom stereocenters. The van der Waals surface area contributed by atoms with Crippen LogP contribution in [-0.4, -0.2) is 30.2 Å². The van der Waals surface area contributed by atoms with E-state index in [1.54, 1.807) is 13.0 Å². The van der Waals surface area contributed by atoms with Crippen molar-refractivity contribution in [2.75, 3.05) is 7.11 Å². The number of carbonyl (C=O) groups excluding carboxylic acids is 1. The van der Waals surface area contributed by atoms with Crippen molar-refractivity contribution in [3.8, 4) is 0 Å². The zero-order chi connectivity index (χ0) is 11.6. The van der Waals surface area contributed by atoms with E-state index in [9.17, 15) is 4.79 Å². The van der Waals surface area contributed by atoms with Crippen molar-refractivity contribution < 1.29 is 19.6 Å². The second kappa shape index (κ2) is 4.78. The highest BCUT2D eigenvalue weighted by Gasteiger charge is 2.18. The lowest BCUT2D eigenvalue weighted by Crippen LogP contribution is -2.31. The van der Waals surface area contributed by atoms with Gasteiger partial charge in [0.25, 0.3) is 0 Å². The molecule has 0 aliphatic heterocycles. The van der Waals surface area contributed by atoms with Crippen LogP contribution in [0.2, 0.25) is 0 Å². The summed E-state index contributed by atoms with van der Waals surface area (Å²) in [6, 6.07) is 2.95. The maximum absolute atomic E-state index is 11.4. The number of halogens is 1. The molecule has 1 aromatic rings. The third-order valence-electron chi connectivity index (χ3n) is 2.07. The Bertz CT molecular complexity index is 392. The summed E-state index contributed by atoms with van der Waals surface area (Å²) in [5.74, 6) is -0.504. The zero-order valence-corrected chi connectivity index (χ0v) is 9.91. The first-order valence-corrected chi connectivity index (χ1v) is 5.01. The van der Waals surface area contributed by atoms with E-state index in [2.05, 4.69) is 20.7 Å². The second-order valence-electron chi connectivity index (χ2n) is 3.04. The molecule has 0 spiro atoms. The fraction of sp³-hybridized carbons (Fsp3) is 0.222. The molecule has 0 aliphatic carbocycles. The van der Waals surface area contributed by atoms with Crippen molar-refractivity contribution in [1.82, 2.24) is 0 Å². The summed E-state index contributed by atoms with van der Waals surface area (Å²) < 4.78 is 5.22. The third kappa shape index (κ3) is 2.59. The first kappa shape index (κ1) is 12.2. The van der Waals surface area contributed by atoms with Crippen molar-refractivity contribution in [2.45, 2.75) is 6.92 Å². The Balaban J connectivity index is 3.31. The van der Waals surface area contributed by atoms with Crippen LogP contribution in [0, 0.1) is 6.92 Å². The minimum atomic E-state index is -1.61. The number of carbonyl (C=O) groups is 1. The molecule has 0 amide bonds. The van der Waals surface area contributed by atoms with Crippen LogP contribution in [0.3, 0.4) is 0 Å². The van der Waals surface area contributed by atoms with E-state index >= 15 is 0 Å². The van der Waals surface area contributed by atoms with Gasteiger partial charge >= 0.3 is 13.1 Å². The summed E-state index contributed by atoms with van der Waals surface area (Å²) >= 11 is 3.23. The number of ether oxygens (including phenoxy) is 1. The van der Waals surface area contributed by atoms with Gasteiger partial charge in [0.2, 0.25) is 0 Å². The molecule has 1 aromatic carbocycles. The van der Waals surface area contributed by atoms with Gasteiger partial charge in [-0.1, -0.05) is 15.9 Å². The molecular weight excluding hydrogens is 263 g/mol. The minimum absolute atomic E-state index is 0.243. The molecule has 2 N–H and O–H groups in total. The predicted octanol–water partition coefficient (Wildman–Crippen LogP) is 0.224. The minimum Gasteiger partial charge on any atom is -0.465 e. The molecule has 0 saturated carbocycles. The molecule has 1 rings (SSSR count). The van der Waals surface area contributed by atoms with Crippen molar-refractivity contribution in [3.63, 3.8) is 0 Å². The SMILES string of the molecule is COC(=O)c1cc(B(O)O)cc(Br)c1C. The van der Waals surface area contributed by atoms with E-state index in [4.69, 9.17) is 10.0 Å². The van der Waals surface area contributed by atoms with Gasteiger partial charge in [-0.05, 0) is 30.1 Å². The van der Waals surface area contributed by atoms with Gasteiger partial charge in [-0.3, -0.25) is 0 Å². The Morgan fingerprint density at radius 1 is 1.47 bits per heavy atom. The average Bonchev–Trinajstić information content (AvgIpc) is 2.20. The van der Waals surface area contributed by atoms with Crippen LogP contribution in [-0.2, 0) is 4.74 Å². The Morgan fingerprint density at radius 3 is 2.53 bits per heavy atom. The molecule has 0 heterocycles. The van der Waals surface area contributed by atoms with Crippen LogP contribution >= 0.6 is 15.9 Å². The van der Waals surface area contributed by atoms with Crippen molar-refractivity contribution >= 4 is 34.5 Å². The molecule has 6 heteroatoms. The summed E-state index contributed by atoms with van der Waals surface area (Å²) in [5.41, 5.74) is 1.26. The highest BCUT2D eigenvalue weighted by Crippen LogP contribution is 2.19. The molecule has 0 fully saturated rings. The molecule has 0 unspecified atom stereocenters. The van der Waals surface area contributed by atoms with E-state index in [-0.39, 0.29) is 5.46 Å². The van der Waals surface area contributed by atoms with Crippen LogP contribution in [0.25, 0.3) is 0 Å². The van der Waals surface area contributed by atoms with Gasteiger partial charge in [-0.2, -0.15) is 0 Å². The number of hydrogen-bond donors (Lipinski definition) is 2. The quantitative estimate of drug-likeness (QED) is 0.597. The zero-order valence-electron chi connectivity index (χ0n) is 8.32. The summed E-state index contributed by atoms with van der Waals surface area (Å²) in [6.45, 7) is 1.74. The lowest BCUT2D eigenvalue weighted by molar-refractivity contribution is 0.0600. The third-order valence-corrected chi connectivity index (χ3v) is 2.89. The van der Waals surface area contributed by atoms with Crippen LogP contribution in [0.15, 0.2) is 16.6 Å². The first-order valence-electron chi connectivity index (χ1n) is 4.22. The predicted molar refractivity (Wildman–Crippen MR) is 60.0 cm³/mol. The molecule has 0 radical (unpaired) electrons. The lowest BCUT2D eigenvalue weighted by atomic mass is 9.79. The fourth-order valence-corrected chi connectivity index (χ4v) is 1.65. The smallest absolute Gasteiger partial charge is 0.465 e. The number of hydrogen-bond acceptors (Lipinski definition) is 4.